The monoisotopic (exact) mass is 266 g/mol. The van der Waals surface area contributed by atoms with Crippen LogP contribution in [0.1, 0.15) is 84.5 Å². The van der Waals surface area contributed by atoms with Crippen LogP contribution in [0.15, 0.2) is 0 Å². The molecular weight excluding hydrogens is 236 g/mol. The fourth-order valence-electron chi connectivity index (χ4n) is 1.92. The van der Waals surface area contributed by atoms with Crippen LogP contribution in [-0.4, -0.2) is 17.0 Å². The Morgan fingerprint density at radius 3 is 2.00 bits per heavy atom. The Labute approximate surface area is 119 Å². The molecule has 0 radical (unpaired) electrons. The van der Waals surface area contributed by atoms with E-state index in [0.717, 1.165) is 12.8 Å². The SMILES string of the molecule is CCCCCCCCCCCC(=O)C#CC(O)CC. The van der Waals surface area contributed by atoms with Gasteiger partial charge in [0.25, 0.3) is 0 Å². The molecule has 0 aliphatic rings. The maximum atomic E-state index is 11.4. The molecule has 0 bridgehead atoms. The molecule has 0 saturated heterocycles. The standard InChI is InChI=1S/C17H30O2/c1-3-5-6-7-8-9-10-11-12-13-17(19)15-14-16(18)4-2/h16,18H,3-13H2,1-2H3. The first-order chi connectivity index (χ1) is 9.20. The summed E-state index contributed by atoms with van der Waals surface area (Å²) in [6, 6.07) is 0. The summed E-state index contributed by atoms with van der Waals surface area (Å²) < 4.78 is 0. The Morgan fingerprint density at radius 2 is 1.47 bits per heavy atom. The number of ketones is 1. The van der Waals surface area contributed by atoms with Crippen molar-refractivity contribution in [1.29, 1.82) is 0 Å². The van der Waals surface area contributed by atoms with Crippen molar-refractivity contribution in [3.05, 3.63) is 0 Å². The number of aliphatic hydroxyl groups is 1. The zero-order chi connectivity index (χ0) is 14.3. The summed E-state index contributed by atoms with van der Waals surface area (Å²) in [5.74, 6) is 5.06. The third-order valence-electron chi connectivity index (χ3n) is 3.27. The molecule has 0 saturated carbocycles. The maximum absolute atomic E-state index is 11.4. The van der Waals surface area contributed by atoms with Crippen LogP contribution in [0.5, 0.6) is 0 Å². The molecule has 0 fully saturated rings. The first-order valence-corrected chi connectivity index (χ1v) is 7.93. The van der Waals surface area contributed by atoms with Gasteiger partial charge in [0.05, 0.1) is 0 Å². The van der Waals surface area contributed by atoms with E-state index >= 15 is 0 Å². The first-order valence-electron chi connectivity index (χ1n) is 7.93. The van der Waals surface area contributed by atoms with Gasteiger partial charge in [-0.15, -0.1) is 0 Å². The Bertz CT molecular complexity index is 273. The maximum Gasteiger partial charge on any atom is 0.205 e. The normalized spacial score (nSPS) is 11.7. The average Bonchev–Trinajstić information content (AvgIpc) is 2.42. The van der Waals surface area contributed by atoms with Gasteiger partial charge in [-0.05, 0) is 18.8 Å². The van der Waals surface area contributed by atoms with E-state index in [9.17, 15) is 9.90 Å². The molecule has 0 rings (SSSR count). The van der Waals surface area contributed by atoms with Crippen LogP contribution in [0, 0.1) is 11.8 Å². The Kier molecular flexibility index (Phi) is 13.0. The van der Waals surface area contributed by atoms with Gasteiger partial charge in [-0.3, -0.25) is 4.79 Å². The summed E-state index contributed by atoms with van der Waals surface area (Å²) in [4.78, 5) is 11.4. The molecule has 0 aliphatic heterocycles. The van der Waals surface area contributed by atoms with Crippen LogP contribution in [0.2, 0.25) is 0 Å². The number of unbranched alkanes of at least 4 members (excludes halogenated alkanes) is 8. The highest BCUT2D eigenvalue weighted by atomic mass is 16.3. The fraction of sp³-hybridized carbons (Fsp3) is 0.824. The summed E-state index contributed by atoms with van der Waals surface area (Å²) in [5.41, 5.74) is 0. The lowest BCUT2D eigenvalue weighted by Crippen LogP contribution is -2.01. The predicted octanol–water partition coefficient (Wildman–Crippen LogP) is 4.25. The van der Waals surface area contributed by atoms with Crippen LogP contribution in [0.25, 0.3) is 0 Å². The smallest absolute Gasteiger partial charge is 0.205 e. The quantitative estimate of drug-likeness (QED) is 0.345. The van der Waals surface area contributed by atoms with E-state index in [-0.39, 0.29) is 5.78 Å². The van der Waals surface area contributed by atoms with Gasteiger partial charge in [-0.1, -0.05) is 71.1 Å². The van der Waals surface area contributed by atoms with Gasteiger partial charge in [-0.2, -0.15) is 0 Å². The summed E-state index contributed by atoms with van der Waals surface area (Å²) in [6.45, 7) is 4.09. The summed E-state index contributed by atoms with van der Waals surface area (Å²) >= 11 is 0. The lowest BCUT2D eigenvalue weighted by atomic mass is 10.1. The van der Waals surface area contributed by atoms with Crippen LogP contribution in [-0.2, 0) is 4.79 Å². The molecule has 19 heavy (non-hydrogen) atoms. The van der Waals surface area contributed by atoms with Crippen molar-refractivity contribution in [2.45, 2.75) is 90.6 Å². The molecule has 1 unspecified atom stereocenters. The third kappa shape index (κ3) is 13.4. The van der Waals surface area contributed by atoms with Crippen molar-refractivity contribution in [3.63, 3.8) is 0 Å². The van der Waals surface area contributed by atoms with Crippen molar-refractivity contribution in [2.24, 2.45) is 0 Å². The Balaban J connectivity index is 3.34. The van der Waals surface area contributed by atoms with E-state index in [2.05, 4.69) is 18.8 Å². The molecule has 2 nitrogen and oxygen atoms in total. The molecule has 110 valence electrons. The van der Waals surface area contributed by atoms with E-state index in [1.54, 1.807) is 0 Å². The third-order valence-corrected chi connectivity index (χ3v) is 3.27. The van der Waals surface area contributed by atoms with Gasteiger partial charge in [0, 0.05) is 6.42 Å². The van der Waals surface area contributed by atoms with Crippen molar-refractivity contribution in [1.82, 2.24) is 0 Å². The van der Waals surface area contributed by atoms with E-state index in [4.69, 9.17) is 0 Å². The second kappa shape index (κ2) is 13.6. The summed E-state index contributed by atoms with van der Waals surface area (Å²) in [7, 11) is 0. The zero-order valence-corrected chi connectivity index (χ0v) is 12.7. The average molecular weight is 266 g/mol. The molecule has 0 amide bonds. The fourth-order valence-corrected chi connectivity index (χ4v) is 1.92. The molecule has 1 atom stereocenters. The van der Waals surface area contributed by atoms with Crippen LogP contribution < -0.4 is 0 Å². The van der Waals surface area contributed by atoms with Gasteiger partial charge in [-0.25, -0.2) is 0 Å². The lowest BCUT2D eigenvalue weighted by molar-refractivity contribution is -0.113. The Hall–Kier alpha value is -0.810. The van der Waals surface area contributed by atoms with E-state index < -0.39 is 6.10 Å². The van der Waals surface area contributed by atoms with Gasteiger partial charge in [0.1, 0.15) is 6.10 Å². The van der Waals surface area contributed by atoms with Gasteiger partial charge in [0.15, 0.2) is 0 Å². The number of Topliss-reactive ketones (excluding diaryl/α,β-unsaturated/α-hetero) is 1. The van der Waals surface area contributed by atoms with Gasteiger partial charge >= 0.3 is 0 Å². The minimum absolute atomic E-state index is 0.0320. The first kappa shape index (κ1) is 18.2. The number of hydrogen-bond donors (Lipinski definition) is 1. The highest BCUT2D eigenvalue weighted by Crippen LogP contribution is 2.10. The number of hydrogen-bond acceptors (Lipinski definition) is 2. The zero-order valence-electron chi connectivity index (χ0n) is 12.7. The highest BCUT2D eigenvalue weighted by molar-refractivity contribution is 5.95. The summed E-state index contributed by atoms with van der Waals surface area (Å²) in [5, 5.41) is 9.21. The van der Waals surface area contributed by atoms with Crippen molar-refractivity contribution in [3.8, 4) is 11.8 Å². The minimum atomic E-state index is -0.646. The topological polar surface area (TPSA) is 37.3 Å². The molecular formula is C17H30O2. The summed E-state index contributed by atoms with van der Waals surface area (Å²) in [6.07, 6.45) is 11.8. The molecule has 0 aliphatic carbocycles. The number of aliphatic hydroxyl groups excluding tert-OH is 1. The van der Waals surface area contributed by atoms with Crippen LogP contribution in [0.3, 0.4) is 0 Å². The van der Waals surface area contributed by atoms with Crippen LogP contribution >= 0.6 is 0 Å². The lowest BCUT2D eigenvalue weighted by Gasteiger charge is -2.00. The molecule has 0 aromatic rings. The minimum Gasteiger partial charge on any atom is -0.380 e. The second-order valence-corrected chi connectivity index (χ2v) is 5.19. The van der Waals surface area contributed by atoms with Crippen LogP contribution in [0.4, 0.5) is 0 Å². The second-order valence-electron chi connectivity index (χ2n) is 5.19. The van der Waals surface area contributed by atoms with Crippen molar-refractivity contribution in [2.75, 3.05) is 0 Å². The van der Waals surface area contributed by atoms with Crippen molar-refractivity contribution < 1.29 is 9.90 Å². The Morgan fingerprint density at radius 1 is 0.947 bits per heavy atom. The van der Waals surface area contributed by atoms with Crippen molar-refractivity contribution >= 4 is 5.78 Å². The molecule has 2 heteroatoms. The van der Waals surface area contributed by atoms with Gasteiger partial charge < -0.3 is 5.11 Å². The number of rotatable bonds is 11. The largest absolute Gasteiger partial charge is 0.380 e. The highest BCUT2D eigenvalue weighted by Gasteiger charge is 1.99. The van der Waals surface area contributed by atoms with E-state index in [1.807, 2.05) is 6.92 Å². The molecule has 1 N–H and O–H groups in total. The van der Waals surface area contributed by atoms with E-state index in [1.165, 1.54) is 44.9 Å². The van der Waals surface area contributed by atoms with E-state index in [0.29, 0.717) is 12.8 Å². The number of carbonyl (C=O) groups excluding carboxylic acids is 1. The predicted molar refractivity (Wildman–Crippen MR) is 80.9 cm³/mol. The molecule has 0 heterocycles. The molecule has 0 aromatic heterocycles. The molecule has 0 spiro atoms. The molecule has 0 aromatic carbocycles. The van der Waals surface area contributed by atoms with Gasteiger partial charge in [0.2, 0.25) is 5.78 Å². The number of carbonyl (C=O) groups is 1.